The summed E-state index contributed by atoms with van der Waals surface area (Å²) in [6, 6.07) is 12.7. The topological polar surface area (TPSA) is 60.3 Å². The van der Waals surface area contributed by atoms with Crippen molar-refractivity contribution in [3.8, 4) is 22.8 Å². The van der Waals surface area contributed by atoms with E-state index < -0.39 is 0 Å². The van der Waals surface area contributed by atoms with Crippen molar-refractivity contribution in [3.05, 3.63) is 47.5 Å². The number of hydrogen-bond acceptors (Lipinski definition) is 3. The molecule has 28 heavy (non-hydrogen) atoms. The van der Waals surface area contributed by atoms with E-state index in [-0.39, 0.29) is 0 Å². The first kappa shape index (κ1) is 20.3. The first-order chi connectivity index (χ1) is 13.7. The number of rotatable bonds is 10. The molecule has 0 saturated carbocycles. The Morgan fingerprint density at radius 2 is 1.68 bits per heavy atom. The summed E-state index contributed by atoms with van der Waals surface area (Å²) in [5.41, 5.74) is 12.0. The normalized spacial score (nSPS) is 11.1. The van der Waals surface area contributed by atoms with Gasteiger partial charge >= 0.3 is 0 Å². The molecule has 0 bridgehead atoms. The third-order valence-corrected chi connectivity index (χ3v) is 5.35. The van der Waals surface area contributed by atoms with Crippen molar-refractivity contribution in [3.63, 3.8) is 0 Å². The zero-order chi connectivity index (χ0) is 19.9. The lowest BCUT2D eigenvalue weighted by molar-refractivity contribution is 0.394. The highest BCUT2D eigenvalue weighted by Gasteiger charge is 2.16. The molecule has 1 aromatic heterocycles. The van der Waals surface area contributed by atoms with E-state index in [2.05, 4.69) is 42.2 Å². The van der Waals surface area contributed by atoms with Gasteiger partial charge in [0.15, 0.2) is 0 Å². The van der Waals surface area contributed by atoms with Crippen LogP contribution in [0.3, 0.4) is 0 Å². The summed E-state index contributed by atoms with van der Waals surface area (Å²) in [5.74, 6) is 1.60. The van der Waals surface area contributed by atoms with Gasteiger partial charge in [-0.3, -0.25) is 0 Å². The number of aromatic amines is 1. The minimum atomic E-state index is 0.729. The average Bonchev–Trinajstić information content (AvgIpc) is 3.11. The summed E-state index contributed by atoms with van der Waals surface area (Å²) in [5, 5.41) is 1.32. The highest BCUT2D eigenvalue weighted by atomic mass is 16.5. The number of aromatic nitrogens is 1. The predicted molar refractivity (Wildman–Crippen MR) is 117 cm³/mol. The fourth-order valence-electron chi connectivity index (χ4n) is 3.81. The molecule has 1 heterocycles. The number of unbranched alkanes of at least 4 members (excludes halogenated alkanes) is 2. The van der Waals surface area contributed by atoms with Gasteiger partial charge in [0.25, 0.3) is 0 Å². The molecular weight excluding hydrogens is 348 g/mol. The van der Waals surface area contributed by atoms with Crippen molar-refractivity contribution >= 4 is 10.9 Å². The molecule has 3 aromatic rings. The van der Waals surface area contributed by atoms with Gasteiger partial charge in [0.1, 0.15) is 11.5 Å². The van der Waals surface area contributed by atoms with Crippen LogP contribution in [0.5, 0.6) is 11.5 Å². The van der Waals surface area contributed by atoms with E-state index in [1.165, 1.54) is 34.9 Å². The van der Waals surface area contributed by atoms with Crippen LogP contribution in [0.4, 0.5) is 0 Å². The first-order valence-electron chi connectivity index (χ1n) is 10.3. The molecule has 0 aliphatic rings. The van der Waals surface area contributed by atoms with Gasteiger partial charge in [-0.05, 0) is 61.9 Å². The molecule has 0 atom stereocenters. The number of hydrogen-bond donors (Lipinski definition) is 2. The van der Waals surface area contributed by atoms with Crippen molar-refractivity contribution in [2.45, 2.75) is 45.4 Å². The Morgan fingerprint density at radius 3 is 2.32 bits per heavy atom. The Hall–Kier alpha value is -2.46. The maximum absolute atomic E-state index is 5.74. The minimum Gasteiger partial charge on any atom is -0.497 e. The molecule has 3 rings (SSSR count). The molecule has 0 aliphatic heterocycles. The Bertz CT molecular complexity index is 892. The standard InChI is InChI=1S/C24H32N2O2/c1-4-5-9-17-10-8-12-22-21(11-6-7-13-25)24(26-23(17)22)18-14-19(27-2)16-20(15-18)28-3/h8,10,12,14-16,26H,4-7,9,11,13,25H2,1-3H3. The SMILES string of the molecule is CCCCc1cccc2c(CCCCN)c(-c3cc(OC)cc(OC)c3)[nH]c12. The van der Waals surface area contributed by atoms with Gasteiger partial charge in [-0.2, -0.15) is 0 Å². The van der Waals surface area contributed by atoms with Crippen molar-refractivity contribution in [2.24, 2.45) is 5.73 Å². The summed E-state index contributed by atoms with van der Waals surface area (Å²) >= 11 is 0. The number of nitrogens with one attached hydrogen (secondary N) is 1. The van der Waals surface area contributed by atoms with Crippen LogP contribution < -0.4 is 15.2 Å². The molecular formula is C24H32N2O2. The molecule has 0 radical (unpaired) electrons. The second-order valence-electron chi connectivity index (χ2n) is 7.27. The molecule has 0 spiro atoms. The third-order valence-electron chi connectivity index (χ3n) is 5.35. The van der Waals surface area contributed by atoms with E-state index in [1.807, 2.05) is 6.07 Å². The Kier molecular flexibility index (Phi) is 6.99. The lowest BCUT2D eigenvalue weighted by Gasteiger charge is -2.10. The summed E-state index contributed by atoms with van der Waals surface area (Å²) in [6.07, 6.45) is 6.60. The molecule has 0 saturated heterocycles. The van der Waals surface area contributed by atoms with Gasteiger partial charge in [-0.15, -0.1) is 0 Å². The smallest absolute Gasteiger partial charge is 0.123 e. The molecule has 3 N–H and O–H groups in total. The van der Waals surface area contributed by atoms with E-state index in [9.17, 15) is 0 Å². The van der Waals surface area contributed by atoms with Crippen molar-refractivity contribution in [1.29, 1.82) is 0 Å². The third kappa shape index (κ3) is 4.33. The van der Waals surface area contributed by atoms with Crippen molar-refractivity contribution in [1.82, 2.24) is 4.98 Å². The highest BCUT2D eigenvalue weighted by molar-refractivity contribution is 5.93. The van der Waals surface area contributed by atoms with Crippen LogP contribution in [0.25, 0.3) is 22.2 Å². The lowest BCUT2D eigenvalue weighted by atomic mass is 9.98. The second-order valence-corrected chi connectivity index (χ2v) is 7.27. The number of nitrogens with two attached hydrogens (primary N) is 1. The molecule has 0 unspecified atom stereocenters. The second kappa shape index (κ2) is 9.65. The van der Waals surface area contributed by atoms with E-state index in [0.717, 1.165) is 55.0 Å². The van der Waals surface area contributed by atoms with Gasteiger partial charge < -0.3 is 20.2 Å². The molecule has 2 aromatic carbocycles. The Balaban J connectivity index is 2.15. The number of ether oxygens (including phenoxy) is 2. The van der Waals surface area contributed by atoms with Gasteiger partial charge in [0.05, 0.1) is 14.2 Å². The van der Waals surface area contributed by atoms with Gasteiger partial charge in [-0.1, -0.05) is 31.5 Å². The molecule has 0 aliphatic carbocycles. The average molecular weight is 381 g/mol. The van der Waals surface area contributed by atoms with E-state index >= 15 is 0 Å². The number of methoxy groups -OCH3 is 2. The number of benzene rings is 2. The fourth-order valence-corrected chi connectivity index (χ4v) is 3.81. The van der Waals surface area contributed by atoms with Crippen LogP contribution in [-0.4, -0.2) is 25.7 Å². The molecule has 4 heteroatoms. The van der Waals surface area contributed by atoms with E-state index in [1.54, 1.807) is 14.2 Å². The van der Waals surface area contributed by atoms with Crippen LogP contribution in [0.15, 0.2) is 36.4 Å². The van der Waals surface area contributed by atoms with E-state index in [4.69, 9.17) is 15.2 Å². The number of aryl methyl sites for hydroxylation is 2. The molecule has 150 valence electrons. The number of fused-ring (bicyclic) bond motifs is 1. The summed E-state index contributed by atoms with van der Waals surface area (Å²) in [7, 11) is 3.38. The Labute approximate surface area is 168 Å². The van der Waals surface area contributed by atoms with Crippen LogP contribution in [0.1, 0.15) is 43.7 Å². The summed E-state index contributed by atoms with van der Waals surface area (Å²) < 4.78 is 11.0. The quantitative estimate of drug-likeness (QED) is 0.458. The van der Waals surface area contributed by atoms with Crippen molar-refractivity contribution in [2.75, 3.05) is 20.8 Å². The van der Waals surface area contributed by atoms with Gasteiger partial charge in [-0.25, -0.2) is 0 Å². The molecule has 0 fully saturated rings. The predicted octanol–water partition coefficient (Wildman–Crippen LogP) is 5.48. The minimum absolute atomic E-state index is 0.729. The maximum atomic E-state index is 5.74. The van der Waals surface area contributed by atoms with Crippen LogP contribution >= 0.6 is 0 Å². The van der Waals surface area contributed by atoms with Crippen LogP contribution in [0.2, 0.25) is 0 Å². The highest BCUT2D eigenvalue weighted by Crippen LogP contribution is 2.36. The first-order valence-corrected chi connectivity index (χ1v) is 10.3. The number of H-pyrrole nitrogens is 1. The summed E-state index contributed by atoms with van der Waals surface area (Å²) in [6.45, 7) is 2.97. The van der Waals surface area contributed by atoms with Crippen LogP contribution in [-0.2, 0) is 12.8 Å². The number of para-hydroxylation sites is 1. The Morgan fingerprint density at radius 1 is 0.929 bits per heavy atom. The molecule has 0 amide bonds. The fraction of sp³-hybridized carbons (Fsp3) is 0.417. The van der Waals surface area contributed by atoms with Crippen molar-refractivity contribution < 1.29 is 9.47 Å². The van der Waals surface area contributed by atoms with Crippen LogP contribution in [0, 0.1) is 0 Å². The largest absolute Gasteiger partial charge is 0.497 e. The maximum Gasteiger partial charge on any atom is 0.123 e. The van der Waals surface area contributed by atoms with E-state index in [0.29, 0.717) is 0 Å². The monoisotopic (exact) mass is 380 g/mol. The zero-order valence-corrected chi connectivity index (χ0v) is 17.3. The molecule has 4 nitrogen and oxygen atoms in total. The summed E-state index contributed by atoms with van der Waals surface area (Å²) in [4.78, 5) is 3.75. The lowest BCUT2D eigenvalue weighted by Crippen LogP contribution is -1.99. The zero-order valence-electron chi connectivity index (χ0n) is 17.3. The van der Waals surface area contributed by atoms with Gasteiger partial charge in [0.2, 0.25) is 0 Å². The van der Waals surface area contributed by atoms with Gasteiger partial charge in [0, 0.05) is 28.2 Å².